The minimum absolute atomic E-state index is 0. The lowest BCUT2D eigenvalue weighted by Gasteiger charge is -2.35. The molecule has 1 aromatic carbocycles. The lowest BCUT2D eigenvalue weighted by atomic mass is 10.2. The molecule has 0 amide bonds. The van der Waals surface area contributed by atoms with Gasteiger partial charge in [-0.05, 0) is 6.07 Å². The Bertz CT molecular complexity index is 673. The lowest BCUT2D eigenvalue weighted by Crippen LogP contribution is -2.46. The van der Waals surface area contributed by atoms with Gasteiger partial charge in [0.1, 0.15) is 5.69 Å². The molecule has 124 valence electrons. The molecule has 2 aromatic rings. The summed E-state index contributed by atoms with van der Waals surface area (Å²) in [5.41, 5.74) is 6.52. The van der Waals surface area contributed by atoms with Crippen LogP contribution in [0.4, 0.5) is 16.5 Å². The summed E-state index contributed by atoms with van der Waals surface area (Å²) in [6.07, 6.45) is 1.81. The van der Waals surface area contributed by atoms with Crippen LogP contribution in [0.2, 0.25) is 0 Å². The summed E-state index contributed by atoms with van der Waals surface area (Å²) in [5, 5.41) is 11.7. The van der Waals surface area contributed by atoms with Crippen LogP contribution < -0.4 is 10.6 Å². The molecular formula is C14H18ClN5O2S. The molecule has 1 aliphatic rings. The van der Waals surface area contributed by atoms with Gasteiger partial charge in [0.2, 0.25) is 0 Å². The fourth-order valence-electron chi connectivity index (χ4n) is 2.65. The van der Waals surface area contributed by atoms with Gasteiger partial charge in [0.05, 0.1) is 4.92 Å². The number of piperazine rings is 1. The maximum absolute atomic E-state index is 11.1. The van der Waals surface area contributed by atoms with Crippen LogP contribution in [0, 0.1) is 10.1 Å². The number of thiazole rings is 1. The van der Waals surface area contributed by atoms with Crippen molar-refractivity contribution in [1.82, 2.24) is 9.88 Å². The third-order valence-corrected chi connectivity index (χ3v) is 4.55. The molecule has 1 fully saturated rings. The third-order valence-electron chi connectivity index (χ3n) is 3.74. The van der Waals surface area contributed by atoms with Crippen molar-refractivity contribution in [3.8, 4) is 0 Å². The Balaban J connectivity index is 0.00000192. The van der Waals surface area contributed by atoms with Crippen molar-refractivity contribution in [1.29, 1.82) is 0 Å². The Morgan fingerprint density at radius 3 is 2.57 bits per heavy atom. The van der Waals surface area contributed by atoms with E-state index in [9.17, 15) is 10.1 Å². The second kappa shape index (κ2) is 7.58. The zero-order valence-corrected chi connectivity index (χ0v) is 14.1. The molecule has 1 saturated heterocycles. The van der Waals surface area contributed by atoms with E-state index < -0.39 is 0 Å². The SMILES string of the molecule is Cl.Nc1ncc(CN2CCN(c3ccccc3[N+](=O)[O-])CC2)s1. The average Bonchev–Trinajstić information content (AvgIpc) is 2.93. The molecule has 7 nitrogen and oxygen atoms in total. The van der Waals surface area contributed by atoms with E-state index in [4.69, 9.17) is 5.73 Å². The Labute approximate surface area is 144 Å². The van der Waals surface area contributed by atoms with Crippen molar-refractivity contribution in [2.24, 2.45) is 0 Å². The summed E-state index contributed by atoms with van der Waals surface area (Å²) >= 11 is 1.51. The minimum Gasteiger partial charge on any atom is -0.375 e. The van der Waals surface area contributed by atoms with Gasteiger partial charge in [0, 0.05) is 49.9 Å². The summed E-state index contributed by atoms with van der Waals surface area (Å²) in [5.74, 6) is 0. The number of nitrogens with two attached hydrogens (primary N) is 1. The second-order valence-electron chi connectivity index (χ2n) is 5.17. The Kier molecular flexibility index (Phi) is 5.75. The van der Waals surface area contributed by atoms with Crippen LogP contribution in [-0.4, -0.2) is 41.0 Å². The Morgan fingerprint density at radius 2 is 1.96 bits per heavy atom. The van der Waals surface area contributed by atoms with Gasteiger partial charge in [-0.3, -0.25) is 15.0 Å². The molecular weight excluding hydrogens is 338 g/mol. The maximum atomic E-state index is 11.1. The standard InChI is InChI=1S/C14H17N5O2S.ClH/c15-14-16-9-11(22-14)10-17-5-7-18(8-6-17)12-3-1-2-4-13(12)19(20)21;/h1-4,9H,5-8,10H2,(H2,15,16);1H. The number of hydrogen-bond donors (Lipinski definition) is 1. The molecule has 0 spiro atoms. The molecule has 2 N–H and O–H groups in total. The number of para-hydroxylation sites is 2. The fraction of sp³-hybridized carbons (Fsp3) is 0.357. The molecule has 1 aromatic heterocycles. The Hall–Kier alpha value is -1.90. The predicted molar refractivity (Wildman–Crippen MR) is 94.4 cm³/mol. The molecule has 0 atom stereocenters. The highest BCUT2D eigenvalue weighted by Gasteiger charge is 2.23. The molecule has 9 heteroatoms. The van der Waals surface area contributed by atoms with E-state index >= 15 is 0 Å². The van der Waals surface area contributed by atoms with Crippen molar-refractivity contribution in [2.75, 3.05) is 36.8 Å². The van der Waals surface area contributed by atoms with Crippen molar-refractivity contribution in [3.05, 3.63) is 45.5 Å². The zero-order valence-electron chi connectivity index (χ0n) is 12.4. The van der Waals surface area contributed by atoms with Crippen molar-refractivity contribution >= 4 is 40.3 Å². The molecule has 23 heavy (non-hydrogen) atoms. The monoisotopic (exact) mass is 355 g/mol. The number of aromatic nitrogens is 1. The van der Waals surface area contributed by atoms with E-state index in [1.54, 1.807) is 12.1 Å². The molecule has 2 heterocycles. The molecule has 1 aliphatic heterocycles. The summed E-state index contributed by atoms with van der Waals surface area (Å²) in [6, 6.07) is 6.92. The number of nitro groups is 1. The van der Waals surface area contributed by atoms with Gasteiger partial charge < -0.3 is 10.6 Å². The van der Waals surface area contributed by atoms with Crippen LogP contribution in [0.5, 0.6) is 0 Å². The predicted octanol–water partition coefficient (Wildman–Crippen LogP) is 2.38. The molecule has 0 unspecified atom stereocenters. The molecule has 0 saturated carbocycles. The zero-order chi connectivity index (χ0) is 15.5. The number of nitrogens with zero attached hydrogens (tertiary/aromatic N) is 4. The van der Waals surface area contributed by atoms with E-state index in [0.717, 1.165) is 37.6 Å². The highest BCUT2D eigenvalue weighted by molar-refractivity contribution is 7.15. The number of nitrogen functional groups attached to an aromatic ring is 1. The lowest BCUT2D eigenvalue weighted by molar-refractivity contribution is -0.384. The number of halogens is 1. The van der Waals surface area contributed by atoms with Crippen LogP contribution in [0.15, 0.2) is 30.5 Å². The van der Waals surface area contributed by atoms with Gasteiger partial charge in [-0.2, -0.15) is 0 Å². The van der Waals surface area contributed by atoms with Crippen LogP contribution in [0.1, 0.15) is 4.88 Å². The van der Waals surface area contributed by atoms with Crippen molar-refractivity contribution in [2.45, 2.75) is 6.54 Å². The maximum Gasteiger partial charge on any atom is 0.292 e. The van der Waals surface area contributed by atoms with Crippen molar-refractivity contribution < 1.29 is 4.92 Å². The van der Waals surface area contributed by atoms with Crippen LogP contribution in [0.3, 0.4) is 0 Å². The summed E-state index contributed by atoms with van der Waals surface area (Å²) in [4.78, 5) is 20.4. The first-order valence-electron chi connectivity index (χ1n) is 7.04. The summed E-state index contributed by atoms with van der Waals surface area (Å²) in [7, 11) is 0. The van der Waals surface area contributed by atoms with Gasteiger partial charge in [-0.15, -0.1) is 23.7 Å². The van der Waals surface area contributed by atoms with Gasteiger partial charge in [0.25, 0.3) is 5.69 Å². The topological polar surface area (TPSA) is 88.5 Å². The minimum atomic E-state index is -0.318. The van der Waals surface area contributed by atoms with E-state index in [0.29, 0.717) is 10.8 Å². The largest absolute Gasteiger partial charge is 0.375 e. The third kappa shape index (κ3) is 4.10. The number of nitro benzene ring substituents is 1. The normalized spacial score (nSPS) is 15.2. The number of anilines is 2. The van der Waals surface area contributed by atoms with Crippen LogP contribution in [-0.2, 0) is 6.54 Å². The number of benzene rings is 1. The summed E-state index contributed by atoms with van der Waals surface area (Å²) < 4.78 is 0. The summed E-state index contributed by atoms with van der Waals surface area (Å²) in [6.45, 7) is 4.12. The molecule has 0 radical (unpaired) electrons. The van der Waals surface area contributed by atoms with E-state index in [1.807, 2.05) is 18.3 Å². The molecule has 3 rings (SSSR count). The highest BCUT2D eigenvalue weighted by atomic mass is 35.5. The van der Waals surface area contributed by atoms with Crippen LogP contribution >= 0.6 is 23.7 Å². The molecule has 0 bridgehead atoms. The number of rotatable bonds is 4. The van der Waals surface area contributed by atoms with Gasteiger partial charge in [0.15, 0.2) is 5.13 Å². The quantitative estimate of drug-likeness (QED) is 0.669. The first-order valence-corrected chi connectivity index (χ1v) is 7.86. The van der Waals surface area contributed by atoms with Gasteiger partial charge >= 0.3 is 0 Å². The Morgan fingerprint density at radius 1 is 1.26 bits per heavy atom. The first-order chi connectivity index (χ1) is 10.6. The number of hydrogen-bond acceptors (Lipinski definition) is 7. The smallest absolute Gasteiger partial charge is 0.292 e. The van der Waals surface area contributed by atoms with E-state index in [1.165, 1.54) is 11.3 Å². The second-order valence-corrected chi connectivity index (χ2v) is 6.32. The fourth-order valence-corrected chi connectivity index (χ4v) is 3.38. The van der Waals surface area contributed by atoms with Gasteiger partial charge in [-0.25, -0.2) is 4.98 Å². The average molecular weight is 356 g/mol. The highest BCUT2D eigenvalue weighted by Crippen LogP contribution is 2.28. The molecule has 0 aliphatic carbocycles. The van der Waals surface area contributed by atoms with E-state index in [2.05, 4.69) is 14.8 Å². The van der Waals surface area contributed by atoms with Crippen molar-refractivity contribution in [3.63, 3.8) is 0 Å². The van der Waals surface area contributed by atoms with E-state index in [-0.39, 0.29) is 23.0 Å². The first kappa shape index (κ1) is 17.5. The van der Waals surface area contributed by atoms with Crippen LogP contribution in [0.25, 0.3) is 0 Å². The van der Waals surface area contributed by atoms with Gasteiger partial charge in [-0.1, -0.05) is 12.1 Å².